The molecule has 4 N–H and O–H groups in total. The predicted octanol–water partition coefficient (Wildman–Crippen LogP) is 3.14. The molecule has 1 aromatic carbocycles. The molecule has 182 valence electrons. The summed E-state index contributed by atoms with van der Waals surface area (Å²) >= 11 is 0. The number of pyridine rings is 1. The monoisotopic (exact) mass is 483 g/mol. The zero-order valence-electron chi connectivity index (χ0n) is 20.3. The van der Waals surface area contributed by atoms with Gasteiger partial charge in [-0.3, -0.25) is 14.0 Å². The Hall–Kier alpha value is -4.91. The number of methoxy groups -OCH3 is 1. The molecule has 0 radical (unpaired) electrons. The van der Waals surface area contributed by atoms with E-state index in [2.05, 4.69) is 32.4 Å². The van der Waals surface area contributed by atoms with Crippen molar-refractivity contribution in [2.75, 3.05) is 18.2 Å². The van der Waals surface area contributed by atoms with Crippen LogP contribution in [0.2, 0.25) is 0 Å². The molecular weight excluding hydrogens is 458 g/mol. The number of ether oxygens (including phenoxy) is 1. The lowest BCUT2D eigenvalue weighted by molar-refractivity contribution is -0.116. The number of carbonyl (C=O) groups excluding carboxylic acids is 2. The van der Waals surface area contributed by atoms with Gasteiger partial charge >= 0.3 is 0 Å². The summed E-state index contributed by atoms with van der Waals surface area (Å²) in [5, 5.41) is 5.59. The fraction of sp³-hybridized carbons (Fsp3) is 0.192. The Morgan fingerprint density at radius 3 is 2.69 bits per heavy atom. The highest BCUT2D eigenvalue weighted by Gasteiger charge is 2.22. The van der Waals surface area contributed by atoms with Gasteiger partial charge in [-0.25, -0.2) is 15.0 Å². The van der Waals surface area contributed by atoms with Crippen molar-refractivity contribution in [2.24, 2.45) is 0 Å². The standard InChI is InChI=1S/C26H25N7O3/c1-5-6-21(34)30-16(3)25-32-22(23-24(27)29-11-12-33(23)25)17-7-8-18(19(14-17)36-4)26(35)31-20-13-15(2)9-10-28-20/h7-14,16H,1-4H3,(H2,27,29)(H,30,34)(H,28,31,35)/t16-/m0/s1. The number of rotatable bonds is 6. The van der Waals surface area contributed by atoms with E-state index < -0.39 is 11.9 Å². The number of carbonyl (C=O) groups is 2. The molecule has 10 heteroatoms. The number of nitrogen functional groups attached to an aromatic ring is 1. The molecule has 2 amide bonds. The number of aromatic nitrogens is 4. The SMILES string of the molecule is CC#CC(=O)N[C@@H](C)c1nc(-c2ccc(C(=O)Nc3cc(C)ccn3)c(OC)c2)c2c(N)nccn12. The molecule has 0 bridgehead atoms. The summed E-state index contributed by atoms with van der Waals surface area (Å²) in [4.78, 5) is 38.1. The minimum absolute atomic E-state index is 0.268. The maximum atomic E-state index is 12.9. The van der Waals surface area contributed by atoms with Gasteiger partial charge in [0.25, 0.3) is 11.8 Å². The van der Waals surface area contributed by atoms with Crippen molar-refractivity contribution in [3.8, 4) is 28.8 Å². The third-order valence-corrected chi connectivity index (χ3v) is 5.46. The molecule has 0 spiro atoms. The molecule has 10 nitrogen and oxygen atoms in total. The fourth-order valence-corrected chi connectivity index (χ4v) is 3.82. The van der Waals surface area contributed by atoms with Crippen molar-refractivity contribution >= 4 is 29.0 Å². The van der Waals surface area contributed by atoms with Gasteiger partial charge in [0.15, 0.2) is 0 Å². The number of imidazole rings is 1. The number of benzene rings is 1. The van der Waals surface area contributed by atoms with Crippen molar-refractivity contribution < 1.29 is 14.3 Å². The van der Waals surface area contributed by atoms with Gasteiger partial charge in [-0.2, -0.15) is 0 Å². The summed E-state index contributed by atoms with van der Waals surface area (Å²) in [5.41, 5.74) is 9.29. The van der Waals surface area contributed by atoms with E-state index in [1.165, 1.54) is 7.11 Å². The summed E-state index contributed by atoms with van der Waals surface area (Å²) in [7, 11) is 1.49. The Morgan fingerprint density at radius 2 is 1.97 bits per heavy atom. The smallest absolute Gasteiger partial charge is 0.296 e. The average Bonchev–Trinajstić information content (AvgIpc) is 3.25. The normalized spacial score (nSPS) is 11.3. The van der Waals surface area contributed by atoms with Gasteiger partial charge in [-0.1, -0.05) is 12.0 Å². The van der Waals surface area contributed by atoms with Crippen molar-refractivity contribution in [3.05, 3.63) is 65.9 Å². The van der Waals surface area contributed by atoms with E-state index in [0.29, 0.717) is 39.7 Å². The topological polar surface area (TPSA) is 137 Å². The maximum absolute atomic E-state index is 12.9. The Labute approximate surface area is 207 Å². The molecule has 0 saturated carbocycles. The highest BCUT2D eigenvalue weighted by atomic mass is 16.5. The van der Waals surface area contributed by atoms with Crippen LogP contribution in [0.4, 0.5) is 11.6 Å². The van der Waals surface area contributed by atoms with Gasteiger partial charge in [0.2, 0.25) is 0 Å². The second-order valence-electron chi connectivity index (χ2n) is 8.01. The zero-order chi connectivity index (χ0) is 25.8. The van der Waals surface area contributed by atoms with Crippen LogP contribution in [0.15, 0.2) is 48.9 Å². The lowest BCUT2D eigenvalue weighted by atomic mass is 10.1. The van der Waals surface area contributed by atoms with Crippen LogP contribution in [0.3, 0.4) is 0 Å². The van der Waals surface area contributed by atoms with E-state index in [-0.39, 0.29) is 11.7 Å². The van der Waals surface area contributed by atoms with Crippen LogP contribution >= 0.6 is 0 Å². The zero-order valence-corrected chi connectivity index (χ0v) is 20.3. The molecule has 36 heavy (non-hydrogen) atoms. The van der Waals surface area contributed by atoms with Crippen LogP contribution in [0.5, 0.6) is 5.75 Å². The van der Waals surface area contributed by atoms with Crippen molar-refractivity contribution in [2.45, 2.75) is 26.8 Å². The summed E-state index contributed by atoms with van der Waals surface area (Å²) in [6.45, 7) is 5.31. The largest absolute Gasteiger partial charge is 0.496 e. The Bertz CT molecular complexity index is 1530. The minimum Gasteiger partial charge on any atom is -0.496 e. The van der Waals surface area contributed by atoms with Crippen molar-refractivity contribution in [3.63, 3.8) is 0 Å². The second-order valence-corrected chi connectivity index (χ2v) is 8.01. The number of nitrogens with one attached hydrogen (secondary N) is 2. The third-order valence-electron chi connectivity index (χ3n) is 5.46. The molecule has 3 aromatic heterocycles. The van der Waals surface area contributed by atoms with Crippen molar-refractivity contribution in [1.82, 2.24) is 24.7 Å². The molecule has 3 heterocycles. The molecule has 0 aliphatic rings. The second kappa shape index (κ2) is 10.1. The van der Waals surface area contributed by atoms with Gasteiger partial charge in [0.1, 0.15) is 34.4 Å². The van der Waals surface area contributed by atoms with Crippen LogP contribution in [-0.2, 0) is 4.79 Å². The summed E-state index contributed by atoms with van der Waals surface area (Å²) < 4.78 is 7.31. The quantitative estimate of drug-likeness (QED) is 0.358. The molecule has 0 aliphatic carbocycles. The van der Waals surface area contributed by atoms with Crippen LogP contribution in [-0.4, -0.2) is 38.3 Å². The Kier molecular flexibility index (Phi) is 6.83. The molecule has 0 saturated heterocycles. The molecule has 0 unspecified atom stereocenters. The number of hydrogen-bond acceptors (Lipinski definition) is 7. The summed E-state index contributed by atoms with van der Waals surface area (Å²) in [6.07, 6.45) is 4.91. The highest BCUT2D eigenvalue weighted by molar-refractivity contribution is 6.06. The van der Waals surface area contributed by atoms with Crippen LogP contribution in [0.1, 0.15) is 41.6 Å². The molecular formula is C26H25N7O3. The highest BCUT2D eigenvalue weighted by Crippen LogP contribution is 2.33. The average molecular weight is 484 g/mol. The Balaban J connectivity index is 1.74. The molecule has 0 fully saturated rings. The van der Waals surface area contributed by atoms with E-state index in [1.54, 1.807) is 61.1 Å². The number of fused-ring (bicyclic) bond motifs is 1. The van der Waals surface area contributed by atoms with Crippen LogP contribution in [0.25, 0.3) is 16.8 Å². The lowest BCUT2D eigenvalue weighted by Crippen LogP contribution is -2.26. The van der Waals surface area contributed by atoms with Gasteiger partial charge < -0.3 is 21.1 Å². The van der Waals surface area contributed by atoms with Gasteiger partial charge in [-0.15, -0.1) is 0 Å². The number of aryl methyl sites for hydroxylation is 1. The van der Waals surface area contributed by atoms with E-state index in [9.17, 15) is 9.59 Å². The van der Waals surface area contributed by atoms with Crippen LogP contribution < -0.4 is 21.1 Å². The lowest BCUT2D eigenvalue weighted by Gasteiger charge is -2.11. The van der Waals surface area contributed by atoms with E-state index in [0.717, 1.165) is 5.56 Å². The first-order valence-corrected chi connectivity index (χ1v) is 11.1. The maximum Gasteiger partial charge on any atom is 0.296 e. The predicted molar refractivity (Wildman–Crippen MR) is 136 cm³/mol. The number of anilines is 2. The first kappa shape index (κ1) is 24.2. The first-order chi connectivity index (χ1) is 17.3. The Morgan fingerprint density at radius 1 is 1.17 bits per heavy atom. The third kappa shape index (κ3) is 4.81. The van der Waals surface area contributed by atoms with E-state index in [4.69, 9.17) is 15.5 Å². The summed E-state index contributed by atoms with van der Waals surface area (Å²) in [5.74, 6) is 5.88. The fourth-order valence-electron chi connectivity index (χ4n) is 3.82. The molecule has 4 rings (SSSR count). The van der Waals surface area contributed by atoms with E-state index in [1.807, 2.05) is 13.0 Å². The molecule has 1 atom stereocenters. The molecule has 0 aliphatic heterocycles. The van der Waals surface area contributed by atoms with E-state index >= 15 is 0 Å². The molecule has 4 aromatic rings. The van der Waals surface area contributed by atoms with Gasteiger partial charge in [-0.05, 0) is 56.5 Å². The van der Waals surface area contributed by atoms with Crippen LogP contribution in [0, 0.1) is 18.8 Å². The number of nitrogens with two attached hydrogens (primary N) is 1. The number of nitrogens with zero attached hydrogens (tertiary/aromatic N) is 4. The summed E-state index contributed by atoms with van der Waals surface area (Å²) in [6, 6.07) is 8.28. The minimum atomic E-state index is -0.463. The van der Waals surface area contributed by atoms with Gasteiger partial charge in [0.05, 0.1) is 18.7 Å². The number of amides is 2. The van der Waals surface area contributed by atoms with Gasteiger partial charge in [0, 0.05) is 24.2 Å². The van der Waals surface area contributed by atoms with Crippen molar-refractivity contribution in [1.29, 1.82) is 0 Å². The first-order valence-electron chi connectivity index (χ1n) is 11.1. The number of hydrogen-bond donors (Lipinski definition) is 3.